The van der Waals surface area contributed by atoms with E-state index in [1.165, 1.54) is 0 Å². The summed E-state index contributed by atoms with van der Waals surface area (Å²) in [5.74, 6) is 0.0203. The van der Waals surface area contributed by atoms with Crippen LogP contribution in [0.4, 0.5) is 0 Å². The van der Waals surface area contributed by atoms with E-state index in [0.29, 0.717) is 17.1 Å². The van der Waals surface area contributed by atoms with Crippen molar-refractivity contribution in [2.24, 2.45) is 0 Å². The second kappa shape index (κ2) is 4.90. The Hall–Kier alpha value is -2.06. The molecule has 0 atom stereocenters. The molecule has 19 heavy (non-hydrogen) atoms. The fourth-order valence-electron chi connectivity index (χ4n) is 2.21. The molecule has 0 fully saturated rings. The van der Waals surface area contributed by atoms with Gasteiger partial charge in [-0.25, -0.2) is 0 Å². The largest absolute Gasteiger partial charge is 0.340 e. The number of para-hydroxylation sites is 1. The molecule has 3 heteroatoms. The van der Waals surface area contributed by atoms with Crippen molar-refractivity contribution in [1.29, 1.82) is 0 Å². The maximum atomic E-state index is 12.3. The topological polar surface area (TPSA) is 22.0 Å². The normalized spacial score (nSPS) is 10.8. The van der Waals surface area contributed by atoms with Crippen LogP contribution in [0.3, 0.4) is 0 Å². The molecule has 0 aliphatic carbocycles. The molecular formula is C16H12ClNO. The molecule has 0 unspecified atom stereocenters. The highest BCUT2D eigenvalue weighted by atomic mass is 35.5. The molecule has 0 spiro atoms. The summed E-state index contributed by atoms with van der Waals surface area (Å²) in [4.78, 5) is 12.3. The lowest BCUT2D eigenvalue weighted by atomic mass is 10.1. The van der Waals surface area contributed by atoms with Crippen LogP contribution >= 0.6 is 11.6 Å². The summed E-state index contributed by atoms with van der Waals surface area (Å²) in [7, 11) is 0. The number of hydrogen-bond donors (Lipinski definition) is 0. The zero-order valence-corrected chi connectivity index (χ0v) is 11.0. The molecule has 3 aromatic rings. The Kier molecular flexibility index (Phi) is 3.10. The molecule has 0 saturated carbocycles. The van der Waals surface area contributed by atoms with Gasteiger partial charge in [-0.1, -0.05) is 41.9 Å². The van der Waals surface area contributed by atoms with Crippen molar-refractivity contribution in [3.05, 3.63) is 71.4 Å². The van der Waals surface area contributed by atoms with E-state index in [4.69, 9.17) is 11.6 Å². The molecule has 0 N–H and O–H groups in total. The highest BCUT2D eigenvalue weighted by Crippen LogP contribution is 2.19. The number of aromatic nitrogens is 1. The molecule has 0 amide bonds. The van der Waals surface area contributed by atoms with E-state index in [9.17, 15) is 4.79 Å². The minimum Gasteiger partial charge on any atom is -0.340 e. The Bertz CT molecular complexity index is 745. The first-order valence-corrected chi connectivity index (χ1v) is 6.45. The zero-order chi connectivity index (χ0) is 13.2. The number of hydrogen-bond acceptors (Lipinski definition) is 1. The third-order valence-corrected chi connectivity index (χ3v) is 3.50. The Balaban J connectivity index is 1.94. The van der Waals surface area contributed by atoms with Gasteiger partial charge in [0.25, 0.3) is 0 Å². The fraction of sp³-hybridized carbons (Fsp3) is 0.0625. The van der Waals surface area contributed by atoms with Crippen LogP contribution in [0.15, 0.2) is 60.8 Å². The monoisotopic (exact) mass is 269 g/mol. The Morgan fingerprint density at radius 3 is 2.58 bits per heavy atom. The Labute approximate surface area is 116 Å². The molecule has 0 bridgehead atoms. The van der Waals surface area contributed by atoms with E-state index in [1.54, 1.807) is 12.1 Å². The van der Waals surface area contributed by atoms with Crippen molar-refractivity contribution in [2.45, 2.75) is 6.54 Å². The van der Waals surface area contributed by atoms with Gasteiger partial charge < -0.3 is 4.57 Å². The molecule has 0 aliphatic rings. The number of rotatable bonds is 3. The highest BCUT2D eigenvalue weighted by molar-refractivity contribution is 6.33. The van der Waals surface area contributed by atoms with Crippen LogP contribution < -0.4 is 0 Å². The summed E-state index contributed by atoms with van der Waals surface area (Å²) in [6.45, 7) is 0.303. The summed E-state index contributed by atoms with van der Waals surface area (Å²) in [5.41, 5.74) is 1.63. The number of fused-ring (bicyclic) bond motifs is 1. The van der Waals surface area contributed by atoms with Crippen molar-refractivity contribution in [3.63, 3.8) is 0 Å². The van der Waals surface area contributed by atoms with Gasteiger partial charge in [-0.05, 0) is 29.7 Å². The van der Waals surface area contributed by atoms with Crippen molar-refractivity contribution in [1.82, 2.24) is 4.57 Å². The first-order chi connectivity index (χ1) is 9.25. The number of ketones is 1. The van der Waals surface area contributed by atoms with Gasteiger partial charge in [0.05, 0.1) is 11.6 Å². The smallest absolute Gasteiger partial charge is 0.183 e. The molecule has 94 valence electrons. The van der Waals surface area contributed by atoms with E-state index >= 15 is 0 Å². The molecule has 1 aromatic heterocycles. The number of carbonyl (C=O) groups is 1. The average Bonchev–Trinajstić information content (AvgIpc) is 2.83. The van der Waals surface area contributed by atoms with Crippen molar-refractivity contribution in [3.8, 4) is 0 Å². The third kappa shape index (κ3) is 2.27. The number of nitrogens with zero attached hydrogens (tertiary/aromatic N) is 1. The van der Waals surface area contributed by atoms with Crippen LogP contribution in [0.25, 0.3) is 10.9 Å². The lowest BCUT2D eigenvalue weighted by Crippen LogP contribution is -2.09. The quantitative estimate of drug-likeness (QED) is 0.654. The Morgan fingerprint density at radius 1 is 1.00 bits per heavy atom. The second-order valence-electron chi connectivity index (χ2n) is 4.41. The summed E-state index contributed by atoms with van der Waals surface area (Å²) >= 11 is 6.05. The summed E-state index contributed by atoms with van der Waals surface area (Å²) < 4.78 is 1.95. The van der Waals surface area contributed by atoms with E-state index in [1.807, 2.05) is 53.2 Å². The van der Waals surface area contributed by atoms with E-state index in [2.05, 4.69) is 0 Å². The molecule has 0 radical (unpaired) electrons. The predicted molar refractivity (Wildman–Crippen MR) is 77.7 cm³/mol. The third-order valence-electron chi connectivity index (χ3n) is 3.17. The van der Waals surface area contributed by atoms with Crippen LogP contribution in [-0.2, 0) is 6.54 Å². The number of carbonyl (C=O) groups excluding carboxylic acids is 1. The first kappa shape index (κ1) is 12.0. The number of halogens is 1. The molecule has 2 aromatic carbocycles. The molecule has 3 rings (SSSR count). The minimum atomic E-state index is 0.0203. The van der Waals surface area contributed by atoms with Gasteiger partial charge in [0, 0.05) is 17.3 Å². The van der Waals surface area contributed by atoms with Crippen LogP contribution in [0.5, 0.6) is 0 Å². The van der Waals surface area contributed by atoms with Crippen molar-refractivity contribution in [2.75, 3.05) is 0 Å². The van der Waals surface area contributed by atoms with Crippen LogP contribution in [0, 0.1) is 0 Å². The van der Waals surface area contributed by atoms with Crippen LogP contribution in [-0.4, -0.2) is 10.4 Å². The van der Waals surface area contributed by atoms with Gasteiger partial charge in [-0.3, -0.25) is 4.79 Å². The van der Waals surface area contributed by atoms with Crippen LogP contribution in [0.2, 0.25) is 5.02 Å². The molecule has 2 nitrogen and oxygen atoms in total. The van der Waals surface area contributed by atoms with E-state index in [0.717, 1.165) is 10.9 Å². The standard InChI is InChI=1S/C16H12ClNO/c17-14-7-3-2-6-13(14)16(19)11-18-10-9-12-5-1-4-8-15(12)18/h1-10H,11H2. The first-order valence-electron chi connectivity index (χ1n) is 6.07. The predicted octanol–water partition coefficient (Wildman–Crippen LogP) is 4.18. The molecule has 0 aliphatic heterocycles. The van der Waals surface area contributed by atoms with Gasteiger partial charge in [-0.2, -0.15) is 0 Å². The summed E-state index contributed by atoms with van der Waals surface area (Å²) in [6, 6.07) is 17.2. The second-order valence-corrected chi connectivity index (χ2v) is 4.81. The van der Waals surface area contributed by atoms with Crippen LogP contribution in [0.1, 0.15) is 10.4 Å². The molecule has 1 heterocycles. The SMILES string of the molecule is O=C(Cn1ccc2ccccc21)c1ccccc1Cl. The van der Waals surface area contributed by atoms with Crippen molar-refractivity contribution < 1.29 is 4.79 Å². The fourth-order valence-corrected chi connectivity index (χ4v) is 2.45. The Morgan fingerprint density at radius 2 is 1.74 bits per heavy atom. The lowest BCUT2D eigenvalue weighted by Gasteiger charge is -2.06. The maximum Gasteiger partial charge on any atom is 0.183 e. The summed E-state index contributed by atoms with van der Waals surface area (Å²) in [6.07, 6.45) is 1.93. The zero-order valence-electron chi connectivity index (χ0n) is 10.2. The summed E-state index contributed by atoms with van der Waals surface area (Å²) in [5, 5.41) is 1.64. The van der Waals surface area contributed by atoms with Crippen molar-refractivity contribution >= 4 is 28.3 Å². The van der Waals surface area contributed by atoms with Gasteiger partial charge in [0.2, 0.25) is 0 Å². The highest BCUT2D eigenvalue weighted by Gasteiger charge is 2.11. The van der Waals surface area contributed by atoms with Gasteiger partial charge >= 0.3 is 0 Å². The molecule has 0 saturated heterocycles. The van der Waals surface area contributed by atoms with Gasteiger partial charge in [0.1, 0.15) is 0 Å². The maximum absolute atomic E-state index is 12.3. The van der Waals surface area contributed by atoms with E-state index < -0.39 is 0 Å². The minimum absolute atomic E-state index is 0.0203. The molecular weight excluding hydrogens is 258 g/mol. The van der Waals surface area contributed by atoms with E-state index in [-0.39, 0.29) is 5.78 Å². The number of Topliss-reactive ketones (excluding diaryl/α,β-unsaturated/α-hetero) is 1. The average molecular weight is 270 g/mol. The lowest BCUT2D eigenvalue weighted by molar-refractivity contribution is 0.0974. The van der Waals surface area contributed by atoms with Gasteiger partial charge in [0.15, 0.2) is 5.78 Å². The van der Waals surface area contributed by atoms with Gasteiger partial charge in [-0.15, -0.1) is 0 Å². The number of benzene rings is 2.